The smallest absolute Gasteiger partial charge is 0.324 e. The van der Waals surface area contributed by atoms with E-state index in [1.165, 1.54) is 44.9 Å². The number of aryl methyl sites for hydroxylation is 1. The number of aromatic nitrogens is 2. The second-order valence-electron chi connectivity index (χ2n) is 11.0. The Hall–Kier alpha value is -1.63. The van der Waals surface area contributed by atoms with Crippen molar-refractivity contribution in [3.05, 3.63) is 5.82 Å². The molecule has 0 bridgehead atoms. The second-order valence-corrected chi connectivity index (χ2v) is 11.0. The highest BCUT2D eigenvalue weighted by atomic mass is 16.5. The number of carbonyl (C=O) groups is 1. The predicted octanol–water partition coefficient (Wildman–Crippen LogP) is 2.07. The van der Waals surface area contributed by atoms with Gasteiger partial charge in [0.25, 0.3) is 0 Å². The second kappa shape index (κ2) is 5.54. The Balaban J connectivity index is 0.925. The van der Waals surface area contributed by atoms with Crippen LogP contribution in [0, 0.1) is 30.1 Å². The fourth-order valence-corrected chi connectivity index (χ4v) is 7.44. The monoisotopic (exact) mass is 397 g/mol. The van der Waals surface area contributed by atoms with Crippen molar-refractivity contribution in [3.8, 4) is 0 Å². The molecular weight excluding hydrogens is 366 g/mol. The third kappa shape index (κ3) is 2.31. The normalized spacial score (nSPS) is 42.0. The maximum Gasteiger partial charge on any atom is 0.324 e. The van der Waals surface area contributed by atoms with E-state index in [1.54, 1.807) is 0 Å². The molecule has 7 heteroatoms. The Morgan fingerprint density at radius 2 is 1.90 bits per heavy atom. The molecule has 6 fully saturated rings. The molecule has 3 aliphatic carbocycles. The molecule has 0 N–H and O–H groups in total. The first-order valence-electron chi connectivity index (χ1n) is 11.7. The lowest BCUT2D eigenvalue weighted by molar-refractivity contribution is -0.158. The molecule has 29 heavy (non-hydrogen) atoms. The number of likely N-dealkylation sites (tertiary alicyclic amines) is 2. The van der Waals surface area contributed by atoms with Crippen molar-refractivity contribution >= 4 is 11.9 Å². The summed E-state index contributed by atoms with van der Waals surface area (Å²) < 4.78 is 5.37. The Morgan fingerprint density at radius 3 is 2.48 bits per heavy atom. The van der Waals surface area contributed by atoms with E-state index >= 15 is 0 Å². The number of hydrogen-bond acceptors (Lipinski definition) is 6. The van der Waals surface area contributed by atoms with Crippen molar-refractivity contribution in [2.24, 2.45) is 23.2 Å². The summed E-state index contributed by atoms with van der Waals surface area (Å²) in [5.41, 5.74) is 0.766. The molecule has 6 aliphatic rings. The lowest BCUT2D eigenvalue weighted by atomic mass is 9.64. The lowest BCUT2D eigenvalue weighted by Crippen LogP contribution is -2.66. The largest absolute Gasteiger partial charge is 0.337 e. The van der Waals surface area contributed by atoms with Gasteiger partial charge in [-0.25, -0.2) is 0 Å². The number of fused-ring (bicyclic) bond motifs is 1. The van der Waals surface area contributed by atoms with Crippen molar-refractivity contribution in [3.63, 3.8) is 0 Å². The molecule has 156 valence electrons. The highest BCUT2D eigenvalue weighted by Crippen LogP contribution is 2.59. The first-order chi connectivity index (χ1) is 14.1. The molecule has 4 heterocycles. The van der Waals surface area contributed by atoms with Crippen LogP contribution >= 0.6 is 0 Å². The van der Waals surface area contributed by atoms with Crippen LogP contribution in [0.4, 0.5) is 6.01 Å². The number of carbonyl (C=O) groups excluding carboxylic acids is 1. The SMILES string of the molecule is Cc1noc(N2CCC3(CC(N4C[C@@H]5[C@H](C4)[C@H]5C(=O)N4CCC45CCC5)C3)C2)n1. The van der Waals surface area contributed by atoms with Gasteiger partial charge in [-0.05, 0) is 69.1 Å². The fraction of sp³-hybridized carbons (Fsp3) is 0.864. The van der Waals surface area contributed by atoms with Crippen molar-refractivity contribution in [2.75, 3.05) is 37.6 Å². The molecule has 1 aromatic heterocycles. The summed E-state index contributed by atoms with van der Waals surface area (Å²) in [6.45, 7) is 7.32. The summed E-state index contributed by atoms with van der Waals surface area (Å²) in [7, 11) is 0. The molecule has 0 aromatic carbocycles. The molecular formula is C22H31N5O2. The van der Waals surface area contributed by atoms with Gasteiger partial charge >= 0.3 is 6.01 Å². The summed E-state index contributed by atoms with van der Waals surface area (Å²) in [4.78, 5) is 24.7. The first-order valence-corrected chi connectivity index (χ1v) is 11.7. The Kier molecular flexibility index (Phi) is 3.26. The minimum atomic E-state index is 0.319. The van der Waals surface area contributed by atoms with Gasteiger partial charge in [-0.2, -0.15) is 4.98 Å². The number of rotatable bonds is 3. The zero-order chi connectivity index (χ0) is 19.4. The third-order valence-electron chi connectivity index (χ3n) is 9.51. The predicted molar refractivity (Wildman–Crippen MR) is 106 cm³/mol. The van der Waals surface area contributed by atoms with Crippen LogP contribution < -0.4 is 4.90 Å². The topological polar surface area (TPSA) is 65.7 Å². The minimum absolute atomic E-state index is 0.319. The van der Waals surface area contributed by atoms with Gasteiger partial charge in [0.2, 0.25) is 5.91 Å². The number of piperidine rings is 1. The van der Waals surface area contributed by atoms with Crippen LogP contribution in [-0.4, -0.2) is 70.2 Å². The first kappa shape index (κ1) is 17.1. The van der Waals surface area contributed by atoms with Gasteiger partial charge in [0.15, 0.2) is 5.82 Å². The van der Waals surface area contributed by atoms with E-state index in [1.807, 2.05) is 6.92 Å². The van der Waals surface area contributed by atoms with E-state index in [0.717, 1.165) is 38.8 Å². The number of anilines is 1. The van der Waals surface area contributed by atoms with E-state index in [0.29, 0.717) is 46.5 Å². The fourth-order valence-electron chi connectivity index (χ4n) is 7.44. The third-order valence-corrected chi connectivity index (χ3v) is 9.51. The van der Waals surface area contributed by atoms with Crippen molar-refractivity contribution in [2.45, 2.75) is 63.5 Å². The van der Waals surface area contributed by atoms with E-state index in [-0.39, 0.29) is 0 Å². The highest BCUT2D eigenvalue weighted by molar-refractivity contribution is 5.84. The van der Waals surface area contributed by atoms with E-state index < -0.39 is 0 Å². The zero-order valence-corrected chi connectivity index (χ0v) is 17.3. The molecule has 3 saturated carbocycles. The van der Waals surface area contributed by atoms with Crippen LogP contribution in [0.3, 0.4) is 0 Å². The van der Waals surface area contributed by atoms with Crippen LogP contribution in [0.1, 0.15) is 50.8 Å². The van der Waals surface area contributed by atoms with Gasteiger partial charge < -0.3 is 14.3 Å². The maximum atomic E-state index is 13.0. The van der Waals surface area contributed by atoms with Gasteiger partial charge in [0.05, 0.1) is 0 Å². The average molecular weight is 398 g/mol. The average Bonchev–Trinajstić information content (AvgIpc) is 3.05. The van der Waals surface area contributed by atoms with Gasteiger partial charge in [-0.1, -0.05) is 5.16 Å². The van der Waals surface area contributed by atoms with Gasteiger partial charge in [0, 0.05) is 50.2 Å². The van der Waals surface area contributed by atoms with Gasteiger partial charge in [-0.15, -0.1) is 0 Å². The van der Waals surface area contributed by atoms with Crippen molar-refractivity contribution in [1.29, 1.82) is 0 Å². The van der Waals surface area contributed by atoms with Crippen molar-refractivity contribution < 1.29 is 9.32 Å². The number of nitrogens with zero attached hydrogens (tertiary/aromatic N) is 5. The van der Waals surface area contributed by atoms with Crippen LogP contribution in [0.5, 0.6) is 0 Å². The number of hydrogen-bond donors (Lipinski definition) is 0. The summed E-state index contributed by atoms with van der Waals surface area (Å²) >= 11 is 0. The molecule has 3 atom stereocenters. The molecule has 0 unspecified atom stereocenters. The molecule has 7 nitrogen and oxygen atoms in total. The van der Waals surface area contributed by atoms with Crippen LogP contribution in [0.2, 0.25) is 0 Å². The Labute approximate surface area is 171 Å². The molecule has 7 rings (SSSR count). The van der Waals surface area contributed by atoms with Crippen LogP contribution in [0.15, 0.2) is 4.52 Å². The van der Waals surface area contributed by atoms with E-state index in [4.69, 9.17) is 4.52 Å². The summed E-state index contributed by atoms with van der Waals surface area (Å²) in [5, 5.41) is 3.94. The summed E-state index contributed by atoms with van der Waals surface area (Å²) in [6.07, 6.45) is 8.94. The van der Waals surface area contributed by atoms with E-state index in [9.17, 15) is 4.79 Å². The molecule has 0 radical (unpaired) electrons. The molecule has 3 saturated heterocycles. The Bertz CT molecular complexity index is 840. The number of amides is 1. The standard InChI is InChI=1S/C22H31N5O2/c1-14-23-20(29-24-14)25-7-5-21(13-25)9-15(10-21)26-11-16-17(12-26)18(16)19(28)27-8-6-22(27)3-2-4-22/h15-18H,2-13H2,1H3/t15?,16-,17+,18+,21?. The van der Waals surface area contributed by atoms with Crippen LogP contribution in [-0.2, 0) is 4.79 Å². The molecule has 1 aromatic rings. The minimum Gasteiger partial charge on any atom is -0.337 e. The lowest BCUT2D eigenvalue weighted by Gasteiger charge is -2.59. The van der Waals surface area contributed by atoms with Crippen molar-refractivity contribution in [1.82, 2.24) is 19.9 Å². The molecule has 1 amide bonds. The maximum absolute atomic E-state index is 13.0. The molecule has 2 spiro atoms. The van der Waals surface area contributed by atoms with Crippen LogP contribution in [0.25, 0.3) is 0 Å². The zero-order valence-electron chi connectivity index (χ0n) is 17.3. The highest BCUT2D eigenvalue weighted by Gasteiger charge is 2.65. The quantitative estimate of drug-likeness (QED) is 0.778. The summed E-state index contributed by atoms with van der Waals surface area (Å²) in [6, 6.07) is 1.42. The summed E-state index contributed by atoms with van der Waals surface area (Å²) in [5.74, 6) is 2.89. The van der Waals surface area contributed by atoms with Gasteiger partial charge in [0.1, 0.15) is 0 Å². The Morgan fingerprint density at radius 1 is 1.10 bits per heavy atom. The van der Waals surface area contributed by atoms with E-state index in [2.05, 4.69) is 24.8 Å². The molecule has 3 aliphatic heterocycles. The van der Waals surface area contributed by atoms with Gasteiger partial charge in [-0.3, -0.25) is 9.69 Å².